The Labute approximate surface area is 131 Å². The van der Waals surface area contributed by atoms with Gasteiger partial charge in [0.2, 0.25) is 11.8 Å². The van der Waals surface area contributed by atoms with Crippen molar-refractivity contribution in [3.8, 4) is 23.1 Å². The van der Waals surface area contributed by atoms with E-state index in [1.165, 1.54) is 0 Å². The van der Waals surface area contributed by atoms with Gasteiger partial charge >= 0.3 is 0 Å². The molecule has 0 atom stereocenters. The molecule has 0 aliphatic rings. The molecule has 0 radical (unpaired) electrons. The average molecular weight is 354 g/mol. The lowest BCUT2D eigenvalue weighted by Gasteiger charge is -2.11. The molecule has 21 heavy (non-hydrogen) atoms. The van der Waals surface area contributed by atoms with Crippen molar-refractivity contribution in [1.82, 2.24) is 9.97 Å². The van der Waals surface area contributed by atoms with Crippen LogP contribution in [0, 0.1) is 0 Å². The van der Waals surface area contributed by atoms with Crippen molar-refractivity contribution < 1.29 is 14.2 Å². The fraction of sp³-hybridized carbons (Fsp3) is 0.286. The largest absolute Gasteiger partial charge is 0.496 e. The van der Waals surface area contributed by atoms with Crippen LogP contribution in [-0.2, 0) is 0 Å². The third kappa shape index (κ3) is 3.98. The highest BCUT2D eigenvalue weighted by Crippen LogP contribution is 2.33. The number of hydrogen-bond donors (Lipinski definition) is 1. The van der Waals surface area contributed by atoms with Gasteiger partial charge in [-0.3, -0.25) is 0 Å². The van der Waals surface area contributed by atoms with Crippen LogP contribution in [0.15, 0.2) is 28.9 Å². The van der Waals surface area contributed by atoms with E-state index in [2.05, 4.69) is 31.2 Å². The first-order valence-electron chi connectivity index (χ1n) is 6.33. The number of benzene rings is 1. The van der Waals surface area contributed by atoms with E-state index in [9.17, 15) is 0 Å². The number of rotatable bonds is 6. The molecule has 0 bridgehead atoms. The maximum atomic E-state index is 5.78. The molecular formula is C14H16BrN3O3. The number of hydrogen-bond acceptors (Lipinski definition) is 6. The van der Waals surface area contributed by atoms with Gasteiger partial charge in [-0.15, -0.1) is 0 Å². The van der Waals surface area contributed by atoms with Crippen LogP contribution in [0.2, 0.25) is 0 Å². The summed E-state index contributed by atoms with van der Waals surface area (Å²) in [5.74, 6) is 2.76. The van der Waals surface area contributed by atoms with Gasteiger partial charge < -0.3 is 19.5 Å². The van der Waals surface area contributed by atoms with Crippen molar-refractivity contribution in [2.24, 2.45) is 0 Å². The fourth-order valence-corrected chi connectivity index (χ4v) is 1.89. The molecule has 0 unspecified atom stereocenters. The molecule has 1 aromatic carbocycles. The quantitative estimate of drug-likeness (QED) is 0.857. The lowest BCUT2D eigenvalue weighted by atomic mass is 10.3. The van der Waals surface area contributed by atoms with Crippen LogP contribution < -0.4 is 19.5 Å². The van der Waals surface area contributed by atoms with Gasteiger partial charge in [-0.1, -0.05) is 0 Å². The smallest absolute Gasteiger partial charge is 0.238 e. The maximum absolute atomic E-state index is 5.78. The van der Waals surface area contributed by atoms with Gasteiger partial charge in [-0.25, -0.2) is 4.98 Å². The molecule has 0 amide bonds. The van der Waals surface area contributed by atoms with Crippen LogP contribution in [0.25, 0.3) is 0 Å². The molecule has 0 saturated heterocycles. The minimum atomic E-state index is 0.413. The number of aromatic nitrogens is 2. The van der Waals surface area contributed by atoms with E-state index >= 15 is 0 Å². The molecule has 1 heterocycles. The minimum Gasteiger partial charge on any atom is -0.496 e. The standard InChI is InChI=1S/C14H16BrN3O3/c1-4-16-14-17-8-12(15)13(18-14)21-11-6-9(19-2)5-10(7-11)20-3/h5-8H,4H2,1-3H3,(H,16,17,18). The number of anilines is 1. The predicted octanol–water partition coefficient (Wildman–Crippen LogP) is 3.48. The predicted molar refractivity (Wildman–Crippen MR) is 83.5 cm³/mol. The lowest BCUT2D eigenvalue weighted by Crippen LogP contribution is -2.03. The zero-order valence-electron chi connectivity index (χ0n) is 12.0. The lowest BCUT2D eigenvalue weighted by molar-refractivity contribution is 0.384. The fourth-order valence-electron chi connectivity index (χ4n) is 1.62. The number of nitrogens with one attached hydrogen (secondary N) is 1. The van der Waals surface area contributed by atoms with E-state index in [4.69, 9.17) is 14.2 Å². The zero-order chi connectivity index (χ0) is 15.2. The number of nitrogens with zero attached hydrogens (tertiary/aromatic N) is 2. The van der Waals surface area contributed by atoms with E-state index in [-0.39, 0.29) is 0 Å². The molecule has 112 valence electrons. The van der Waals surface area contributed by atoms with Crippen molar-refractivity contribution in [2.75, 3.05) is 26.1 Å². The monoisotopic (exact) mass is 353 g/mol. The molecule has 0 aliphatic heterocycles. The topological polar surface area (TPSA) is 65.5 Å². The van der Waals surface area contributed by atoms with Crippen molar-refractivity contribution in [3.63, 3.8) is 0 Å². The molecule has 2 rings (SSSR count). The molecule has 0 saturated carbocycles. The molecule has 1 aromatic heterocycles. The molecule has 0 fully saturated rings. The number of ether oxygens (including phenoxy) is 3. The summed E-state index contributed by atoms with van der Waals surface area (Å²) in [5, 5.41) is 3.03. The highest BCUT2D eigenvalue weighted by Gasteiger charge is 2.10. The van der Waals surface area contributed by atoms with E-state index in [1.54, 1.807) is 38.6 Å². The highest BCUT2D eigenvalue weighted by molar-refractivity contribution is 9.10. The Morgan fingerprint density at radius 3 is 2.29 bits per heavy atom. The Bertz CT molecular complexity index is 600. The third-order valence-electron chi connectivity index (χ3n) is 2.59. The summed E-state index contributed by atoms with van der Waals surface area (Å²) in [5.41, 5.74) is 0. The molecule has 6 nitrogen and oxygen atoms in total. The van der Waals surface area contributed by atoms with Crippen molar-refractivity contribution in [2.45, 2.75) is 6.92 Å². The Morgan fingerprint density at radius 1 is 1.10 bits per heavy atom. The molecule has 0 aliphatic carbocycles. The second-order valence-electron chi connectivity index (χ2n) is 4.03. The summed E-state index contributed by atoms with van der Waals surface area (Å²) >= 11 is 3.37. The normalized spacial score (nSPS) is 10.1. The number of halogens is 1. The Balaban J connectivity index is 2.30. The van der Waals surface area contributed by atoms with E-state index in [0.717, 1.165) is 6.54 Å². The van der Waals surface area contributed by atoms with Crippen LogP contribution in [-0.4, -0.2) is 30.7 Å². The Morgan fingerprint density at radius 2 is 1.71 bits per heavy atom. The molecule has 1 N–H and O–H groups in total. The summed E-state index contributed by atoms with van der Waals surface area (Å²) in [6.07, 6.45) is 1.64. The van der Waals surface area contributed by atoms with Crippen molar-refractivity contribution in [3.05, 3.63) is 28.9 Å². The highest BCUT2D eigenvalue weighted by atomic mass is 79.9. The summed E-state index contributed by atoms with van der Waals surface area (Å²) < 4.78 is 16.9. The first-order chi connectivity index (χ1) is 10.2. The molecular weight excluding hydrogens is 338 g/mol. The van der Waals surface area contributed by atoms with Gasteiger partial charge in [0.25, 0.3) is 0 Å². The zero-order valence-corrected chi connectivity index (χ0v) is 13.6. The van der Waals surface area contributed by atoms with Crippen molar-refractivity contribution in [1.29, 1.82) is 0 Å². The maximum Gasteiger partial charge on any atom is 0.238 e. The average Bonchev–Trinajstić information content (AvgIpc) is 2.50. The first-order valence-corrected chi connectivity index (χ1v) is 7.13. The van der Waals surface area contributed by atoms with Crippen LogP contribution >= 0.6 is 15.9 Å². The summed E-state index contributed by atoms with van der Waals surface area (Å²) in [6, 6.07) is 5.28. The SMILES string of the molecule is CCNc1ncc(Br)c(Oc2cc(OC)cc(OC)c2)n1. The minimum absolute atomic E-state index is 0.413. The van der Waals surface area contributed by atoms with Gasteiger partial charge in [-0.2, -0.15) is 4.98 Å². The van der Waals surface area contributed by atoms with Gasteiger partial charge in [0.15, 0.2) is 0 Å². The van der Waals surface area contributed by atoms with E-state index in [0.29, 0.717) is 33.5 Å². The van der Waals surface area contributed by atoms with Crippen LogP contribution in [0.3, 0.4) is 0 Å². The first kappa shape index (κ1) is 15.4. The van der Waals surface area contributed by atoms with Gasteiger partial charge in [0.1, 0.15) is 17.2 Å². The summed E-state index contributed by atoms with van der Waals surface area (Å²) in [4.78, 5) is 8.43. The van der Waals surface area contributed by atoms with Crippen LogP contribution in [0.4, 0.5) is 5.95 Å². The van der Waals surface area contributed by atoms with Crippen LogP contribution in [0.5, 0.6) is 23.1 Å². The van der Waals surface area contributed by atoms with Crippen LogP contribution in [0.1, 0.15) is 6.92 Å². The second-order valence-corrected chi connectivity index (χ2v) is 4.88. The Kier molecular flexibility index (Phi) is 5.21. The van der Waals surface area contributed by atoms with Gasteiger partial charge in [0, 0.05) is 24.7 Å². The van der Waals surface area contributed by atoms with E-state index in [1.807, 2.05) is 6.92 Å². The third-order valence-corrected chi connectivity index (χ3v) is 3.13. The second kappa shape index (κ2) is 7.12. The van der Waals surface area contributed by atoms with Gasteiger partial charge in [-0.05, 0) is 22.9 Å². The molecule has 2 aromatic rings. The summed E-state index contributed by atoms with van der Waals surface area (Å²) in [6.45, 7) is 2.70. The van der Waals surface area contributed by atoms with Gasteiger partial charge in [0.05, 0.1) is 24.9 Å². The number of methoxy groups -OCH3 is 2. The summed E-state index contributed by atoms with van der Waals surface area (Å²) in [7, 11) is 3.17. The van der Waals surface area contributed by atoms with E-state index < -0.39 is 0 Å². The van der Waals surface area contributed by atoms with Crippen molar-refractivity contribution >= 4 is 21.9 Å². The molecule has 7 heteroatoms. The Hall–Kier alpha value is -2.02. The molecule has 0 spiro atoms.